The molecule has 5 N–H and O–H groups in total. The predicted molar refractivity (Wildman–Crippen MR) is 102 cm³/mol. The molecule has 0 aromatic rings. The van der Waals surface area contributed by atoms with Crippen LogP contribution in [0.5, 0.6) is 0 Å². The number of carbonyl (C=O) groups excluding carboxylic acids is 2. The summed E-state index contributed by atoms with van der Waals surface area (Å²) < 4.78 is 0. The number of nitrogens with two attached hydrogens (primary N) is 1. The molecule has 0 aromatic carbocycles. The number of aliphatic hydroxyl groups excluding tert-OH is 1. The van der Waals surface area contributed by atoms with Crippen LogP contribution in [0.4, 0.5) is 0 Å². The molecule has 2 amide bonds. The normalized spacial score (nSPS) is 17.0. The number of hydrogen-bond donors (Lipinski definition) is 4. The zero-order valence-electron chi connectivity index (χ0n) is 14.2. The topological polar surface area (TPSA) is 104 Å². The molecule has 1 aliphatic carbocycles. The lowest BCUT2D eigenvalue weighted by molar-refractivity contribution is -0.134. The van der Waals surface area contributed by atoms with Gasteiger partial charge in [0.2, 0.25) is 0 Å². The lowest BCUT2D eigenvalue weighted by atomic mass is 10.00. The van der Waals surface area contributed by atoms with E-state index in [4.69, 9.17) is 18.0 Å². The van der Waals surface area contributed by atoms with E-state index in [1.54, 1.807) is 17.8 Å². The SMILES string of the molecule is CC1=CCC(=S)C(C(=O)NNC(=O)C(O)[C@H](N)CCSC(C)C)=C1. The number of nitrogens with one attached hydrogen (secondary N) is 2. The van der Waals surface area contributed by atoms with Crippen molar-refractivity contribution in [3.05, 3.63) is 23.3 Å². The molecule has 0 saturated carbocycles. The van der Waals surface area contributed by atoms with E-state index in [-0.39, 0.29) is 0 Å². The molecule has 0 heterocycles. The largest absolute Gasteiger partial charge is 0.382 e. The first-order chi connectivity index (χ1) is 11.2. The van der Waals surface area contributed by atoms with Crippen molar-refractivity contribution in [2.75, 3.05) is 5.75 Å². The predicted octanol–water partition coefficient (Wildman–Crippen LogP) is 1.000. The van der Waals surface area contributed by atoms with E-state index in [0.717, 1.165) is 11.3 Å². The number of hydrazine groups is 1. The first-order valence-corrected chi connectivity index (χ1v) is 9.25. The third-order valence-electron chi connectivity index (χ3n) is 3.40. The Hall–Kier alpha value is -1.22. The maximum absolute atomic E-state index is 12.1. The Morgan fingerprint density at radius 2 is 2.08 bits per heavy atom. The number of amides is 2. The highest BCUT2D eigenvalue weighted by Gasteiger charge is 2.24. The van der Waals surface area contributed by atoms with Gasteiger partial charge in [0.1, 0.15) is 6.10 Å². The van der Waals surface area contributed by atoms with Crippen LogP contribution in [-0.2, 0) is 9.59 Å². The van der Waals surface area contributed by atoms with Gasteiger partial charge in [-0.2, -0.15) is 11.8 Å². The maximum atomic E-state index is 12.1. The molecule has 0 saturated heterocycles. The van der Waals surface area contributed by atoms with Gasteiger partial charge in [-0.05, 0) is 30.4 Å². The minimum absolute atomic E-state index is 0.345. The summed E-state index contributed by atoms with van der Waals surface area (Å²) in [5.41, 5.74) is 11.6. The van der Waals surface area contributed by atoms with Gasteiger partial charge in [0.25, 0.3) is 11.8 Å². The monoisotopic (exact) mass is 371 g/mol. The van der Waals surface area contributed by atoms with Crippen LogP contribution in [0.3, 0.4) is 0 Å². The summed E-state index contributed by atoms with van der Waals surface area (Å²) in [6.45, 7) is 6.00. The van der Waals surface area contributed by atoms with Gasteiger partial charge < -0.3 is 10.8 Å². The van der Waals surface area contributed by atoms with Gasteiger partial charge in [-0.1, -0.05) is 37.7 Å². The molecular weight excluding hydrogens is 346 g/mol. The number of aliphatic hydroxyl groups is 1. The number of rotatable bonds is 7. The van der Waals surface area contributed by atoms with Crippen LogP contribution in [0, 0.1) is 0 Å². The molecule has 0 fully saturated rings. The van der Waals surface area contributed by atoms with Crippen molar-refractivity contribution in [2.24, 2.45) is 5.73 Å². The van der Waals surface area contributed by atoms with Crippen LogP contribution in [0.15, 0.2) is 23.3 Å². The number of carbonyl (C=O) groups is 2. The molecule has 8 heteroatoms. The Kier molecular flexibility index (Phi) is 8.61. The van der Waals surface area contributed by atoms with Gasteiger partial charge in [0.05, 0.1) is 5.57 Å². The first kappa shape index (κ1) is 20.8. The highest BCUT2D eigenvalue weighted by molar-refractivity contribution is 7.99. The lowest BCUT2D eigenvalue weighted by Crippen LogP contribution is -2.52. The zero-order valence-corrected chi connectivity index (χ0v) is 15.8. The minimum atomic E-state index is -1.38. The second-order valence-corrected chi connectivity index (χ2v) is 8.07. The van der Waals surface area contributed by atoms with Crippen LogP contribution < -0.4 is 16.6 Å². The average Bonchev–Trinajstić information content (AvgIpc) is 2.53. The molecule has 0 radical (unpaired) electrons. The molecular formula is C16H25N3O3S2. The summed E-state index contributed by atoms with van der Waals surface area (Å²) in [5, 5.41) is 10.4. The van der Waals surface area contributed by atoms with E-state index in [9.17, 15) is 14.7 Å². The number of thioether (sulfide) groups is 1. The second-order valence-electron chi connectivity index (χ2n) is 5.89. The molecule has 1 unspecified atom stereocenters. The third kappa shape index (κ3) is 6.72. The average molecular weight is 372 g/mol. The van der Waals surface area contributed by atoms with Crippen molar-refractivity contribution < 1.29 is 14.7 Å². The fourth-order valence-corrected chi connectivity index (χ4v) is 3.09. The quantitative estimate of drug-likeness (QED) is 0.393. The van der Waals surface area contributed by atoms with Crippen LogP contribution in [0.25, 0.3) is 0 Å². The number of thiocarbonyl (C=S) groups is 1. The van der Waals surface area contributed by atoms with Crippen molar-refractivity contribution in [1.82, 2.24) is 10.9 Å². The van der Waals surface area contributed by atoms with E-state index >= 15 is 0 Å². The summed E-state index contributed by atoms with van der Waals surface area (Å²) in [6, 6.07) is -0.687. The van der Waals surface area contributed by atoms with E-state index in [1.807, 2.05) is 13.0 Å². The fourth-order valence-electron chi connectivity index (χ4n) is 1.97. The Bertz CT molecular complexity index is 559. The van der Waals surface area contributed by atoms with Crippen molar-refractivity contribution in [1.29, 1.82) is 0 Å². The van der Waals surface area contributed by atoms with Crippen LogP contribution in [0.2, 0.25) is 0 Å². The maximum Gasteiger partial charge on any atom is 0.270 e. The van der Waals surface area contributed by atoms with Gasteiger partial charge in [-0.25, -0.2) is 0 Å². The van der Waals surface area contributed by atoms with E-state index in [0.29, 0.717) is 28.5 Å². The number of hydrogen-bond acceptors (Lipinski definition) is 6. The first-order valence-electron chi connectivity index (χ1n) is 7.79. The fraction of sp³-hybridized carbons (Fsp3) is 0.562. The van der Waals surface area contributed by atoms with Crippen LogP contribution in [0.1, 0.15) is 33.6 Å². The summed E-state index contributed by atoms with van der Waals surface area (Å²) in [4.78, 5) is 24.5. The van der Waals surface area contributed by atoms with Crippen LogP contribution >= 0.6 is 24.0 Å². The molecule has 24 heavy (non-hydrogen) atoms. The minimum Gasteiger partial charge on any atom is -0.382 e. The van der Waals surface area contributed by atoms with E-state index in [2.05, 4.69) is 24.7 Å². The lowest BCUT2D eigenvalue weighted by Gasteiger charge is -2.19. The molecule has 0 bridgehead atoms. The molecule has 1 rings (SSSR count). The molecule has 6 nitrogen and oxygen atoms in total. The molecule has 1 aliphatic rings. The molecule has 0 spiro atoms. The Morgan fingerprint density at radius 1 is 1.42 bits per heavy atom. The van der Waals surface area contributed by atoms with Gasteiger partial charge >= 0.3 is 0 Å². The molecule has 0 aromatic heterocycles. The van der Waals surface area contributed by atoms with Gasteiger partial charge in [-0.3, -0.25) is 20.4 Å². The summed E-state index contributed by atoms with van der Waals surface area (Å²) >= 11 is 6.85. The van der Waals surface area contributed by atoms with Gasteiger partial charge in [-0.15, -0.1) is 0 Å². The highest BCUT2D eigenvalue weighted by atomic mass is 32.2. The van der Waals surface area contributed by atoms with Gasteiger partial charge in [0, 0.05) is 17.3 Å². The van der Waals surface area contributed by atoms with E-state index in [1.165, 1.54) is 0 Å². The van der Waals surface area contributed by atoms with Crippen molar-refractivity contribution in [3.63, 3.8) is 0 Å². The number of allylic oxidation sites excluding steroid dienone is 3. The summed E-state index contributed by atoms with van der Waals surface area (Å²) in [7, 11) is 0. The standard InChI is InChI=1S/C16H25N3O3S2/c1-9(2)24-7-6-12(17)14(20)16(22)19-18-15(21)11-8-10(3)4-5-13(11)23/h4,8-9,12,14,20H,5-7,17H2,1-3H3,(H,18,21)(H,19,22)/t12-,14?/m1/s1. The highest BCUT2D eigenvalue weighted by Crippen LogP contribution is 2.15. The van der Waals surface area contributed by atoms with Crippen molar-refractivity contribution in [2.45, 2.75) is 51.0 Å². The second kappa shape index (κ2) is 9.93. The Balaban J connectivity index is 2.45. The molecule has 134 valence electrons. The van der Waals surface area contributed by atoms with Gasteiger partial charge in [0.15, 0.2) is 0 Å². The Labute approximate surface area is 152 Å². The van der Waals surface area contributed by atoms with E-state index < -0.39 is 24.0 Å². The van der Waals surface area contributed by atoms with Crippen LogP contribution in [-0.4, -0.2) is 44.9 Å². The Morgan fingerprint density at radius 3 is 2.71 bits per heavy atom. The summed E-state index contributed by atoms with van der Waals surface area (Å²) in [5.74, 6) is -0.487. The molecule has 2 atom stereocenters. The third-order valence-corrected chi connectivity index (χ3v) is 4.93. The van der Waals surface area contributed by atoms with Crippen molar-refractivity contribution >= 4 is 40.7 Å². The zero-order chi connectivity index (χ0) is 18.3. The summed E-state index contributed by atoms with van der Waals surface area (Å²) in [6.07, 6.45) is 3.24. The van der Waals surface area contributed by atoms with Crippen molar-refractivity contribution in [3.8, 4) is 0 Å². The molecule has 0 aliphatic heterocycles. The smallest absolute Gasteiger partial charge is 0.270 e.